The molecule has 1 aromatic rings. The summed E-state index contributed by atoms with van der Waals surface area (Å²) in [7, 11) is 0. The molecule has 0 spiro atoms. The Morgan fingerprint density at radius 3 is 2.15 bits per heavy atom. The number of nitrogens with one attached hydrogen (secondary N) is 2. The molecule has 0 saturated heterocycles. The molecule has 0 aromatic heterocycles. The van der Waals surface area contributed by atoms with Crippen LogP contribution in [-0.4, -0.2) is 23.0 Å². The van der Waals surface area contributed by atoms with E-state index in [2.05, 4.69) is 10.6 Å². The molecule has 5 nitrogen and oxygen atoms in total. The third kappa shape index (κ3) is 5.01. The second kappa shape index (κ2) is 7.65. The maximum absolute atomic E-state index is 12.1. The van der Waals surface area contributed by atoms with Crippen LogP contribution in [0.15, 0.2) is 24.3 Å². The molecule has 0 saturated carbocycles. The van der Waals surface area contributed by atoms with Gasteiger partial charge in [-0.15, -0.1) is 0 Å². The van der Waals surface area contributed by atoms with Crippen molar-refractivity contribution in [1.29, 1.82) is 0 Å². The topological polar surface area (TPSA) is 78.4 Å². The van der Waals surface area contributed by atoms with Crippen molar-refractivity contribution < 1.29 is 14.7 Å². The summed E-state index contributed by atoms with van der Waals surface area (Å²) < 4.78 is 0. The average molecular weight is 278 g/mol. The molecule has 0 aliphatic carbocycles. The molecule has 2 amide bonds. The summed E-state index contributed by atoms with van der Waals surface area (Å²) in [5.41, 5.74) is 1.78. The van der Waals surface area contributed by atoms with Gasteiger partial charge in [0.05, 0.1) is 6.61 Å². The summed E-state index contributed by atoms with van der Waals surface area (Å²) in [5, 5.41) is 14.4. The van der Waals surface area contributed by atoms with Gasteiger partial charge in [0, 0.05) is 13.5 Å². The minimum Gasteiger partial charge on any atom is -0.392 e. The van der Waals surface area contributed by atoms with Crippen molar-refractivity contribution in [2.45, 2.75) is 40.0 Å². The number of hydrogen-bond acceptors (Lipinski definition) is 3. The monoisotopic (exact) mass is 278 g/mol. The van der Waals surface area contributed by atoms with Crippen LogP contribution >= 0.6 is 0 Å². The fourth-order valence-corrected chi connectivity index (χ4v) is 1.82. The number of amides is 2. The van der Waals surface area contributed by atoms with Crippen LogP contribution in [0.4, 0.5) is 0 Å². The highest BCUT2D eigenvalue weighted by Gasteiger charge is 2.22. The SMILES string of the molecule is CC(=O)NC(C(=O)NCc1ccc(CO)cc1)C(C)C. The Morgan fingerprint density at radius 2 is 1.70 bits per heavy atom. The van der Waals surface area contributed by atoms with E-state index in [9.17, 15) is 9.59 Å². The van der Waals surface area contributed by atoms with Crippen LogP contribution in [0.3, 0.4) is 0 Å². The lowest BCUT2D eigenvalue weighted by molar-refractivity contribution is -0.129. The predicted molar refractivity (Wildman–Crippen MR) is 76.7 cm³/mol. The van der Waals surface area contributed by atoms with Gasteiger partial charge in [-0.3, -0.25) is 9.59 Å². The smallest absolute Gasteiger partial charge is 0.243 e. The molecular weight excluding hydrogens is 256 g/mol. The summed E-state index contributed by atoms with van der Waals surface area (Å²) in [6.45, 7) is 5.57. The molecule has 0 aliphatic heterocycles. The molecule has 0 fully saturated rings. The Morgan fingerprint density at radius 1 is 1.15 bits per heavy atom. The summed E-state index contributed by atoms with van der Waals surface area (Å²) in [4.78, 5) is 23.1. The van der Waals surface area contributed by atoms with Crippen molar-refractivity contribution in [3.05, 3.63) is 35.4 Å². The van der Waals surface area contributed by atoms with Crippen molar-refractivity contribution in [2.75, 3.05) is 0 Å². The van der Waals surface area contributed by atoms with E-state index in [0.717, 1.165) is 11.1 Å². The van der Waals surface area contributed by atoms with Crippen LogP contribution in [0.2, 0.25) is 0 Å². The highest BCUT2D eigenvalue weighted by Crippen LogP contribution is 2.06. The first kappa shape index (κ1) is 16.2. The van der Waals surface area contributed by atoms with Gasteiger partial charge in [-0.05, 0) is 17.0 Å². The van der Waals surface area contributed by atoms with Crippen LogP contribution in [-0.2, 0) is 22.7 Å². The van der Waals surface area contributed by atoms with E-state index in [0.29, 0.717) is 6.54 Å². The van der Waals surface area contributed by atoms with Crippen molar-refractivity contribution >= 4 is 11.8 Å². The zero-order valence-electron chi connectivity index (χ0n) is 12.1. The number of benzene rings is 1. The molecule has 110 valence electrons. The number of rotatable bonds is 6. The summed E-state index contributed by atoms with van der Waals surface area (Å²) in [6.07, 6.45) is 0. The van der Waals surface area contributed by atoms with Gasteiger partial charge >= 0.3 is 0 Å². The number of carbonyl (C=O) groups is 2. The quantitative estimate of drug-likeness (QED) is 0.725. The fourth-order valence-electron chi connectivity index (χ4n) is 1.82. The van der Waals surface area contributed by atoms with E-state index in [4.69, 9.17) is 5.11 Å². The maximum atomic E-state index is 12.1. The molecule has 0 bridgehead atoms. The third-order valence-corrected chi connectivity index (χ3v) is 2.98. The predicted octanol–water partition coefficient (Wildman–Crippen LogP) is 0.956. The second-order valence-corrected chi connectivity index (χ2v) is 5.11. The Hall–Kier alpha value is -1.88. The van der Waals surface area contributed by atoms with E-state index >= 15 is 0 Å². The third-order valence-electron chi connectivity index (χ3n) is 2.98. The average Bonchev–Trinajstić information content (AvgIpc) is 2.42. The van der Waals surface area contributed by atoms with Gasteiger partial charge < -0.3 is 15.7 Å². The fraction of sp³-hybridized carbons (Fsp3) is 0.467. The molecule has 0 aliphatic rings. The molecule has 1 atom stereocenters. The lowest BCUT2D eigenvalue weighted by Crippen LogP contribution is -2.48. The molecule has 0 radical (unpaired) electrons. The molecule has 1 aromatic carbocycles. The Bertz CT molecular complexity index is 455. The van der Waals surface area contributed by atoms with E-state index < -0.39 is 6.04 Å². The normalized spacial score (nSPS) is 12.1. The van der Waals surface area contributed by atoms with Gasteiger partial charge in [0.15, 0.2) is 0 Å². The Balaban J connectivity index is 2.57. The first-order valence-electron chi connectivity index (χ1n) is 6.67. The highest BCUT2D eigenvalue weighted by molar-refractivity contribution is 5.86. The van der Waals surface area contributed by atoms with E-state index in [1.54, 1.807) is 0 Å². The minimum atomic E-state index is -0.524. The van der Waals surface area contributed by atoms with Crippen molar-refractivity contribution in [3.63, 3.8) is 0 Å². The zero-order chi connectivity index (χ0) is 15.1. The van der Waals surface area contributed by atoms with Crippen LogP contribution in [0, 0.1) is 5.92 Å². The van der Waals surface area contributed by atoms with Crippen LogP contribution < -0.4 is 10.6 Å². The maximum Gasteiger partial charge on any atom is 0.243 e. The lowest BCUT2D eigenvalue weighted by atomic mass is 10.0. The zero-order valence-corrected chi connectivity index (χ0v) is 12.1. The Kier molecular flexibility index (Phi) is 6.18. The number of aliphatic hydroxyl groups is 1. The van der Waals surface area contributed by atoms with E-state index in [1.807, 2.05) is 38.1 Å². The lowest BCUT2D eigenvalue weighted by Gasteiger charge is -2.20. The van der Waals surface area contributed by atoms with Gasteiger partial charge in [0.2, 0.25) is 11.8 Å². The van der Waals surface area contributed by atoms with Crippen LogP contribution in [0.25, 0.3) is 0 Å². The number of carbonyl (C=O) groups excluding carboxylic acids is 2. The van der Waals surface area contributed by atoms with E-state index in [1.165, 1.54) is 6.92 Å². The van der Waals surface area contributed by atoms with Crippen molar-refractivity contribution in [2.24, 2.45) is 5.92 Å². The van der Waals surface area contributed by atoms with Gasteiger partial charge in [0.25, 0.3) is 0 Å². The highest BCUT2D eigenvalue weighted by atomic mass is 16.3. The first-order chi connectivity index (χ1) is 9.43. The summed E-state index contributed by atoms with van der Waals surface area (Å²) in [5.74, 6) is -0.386. The second-order valence-electron chi connectivity index (χ2n) is 5.11. The van der Waals surface area contributed by atoms with E-state index in [-0.39, 0.29) is 24.3 Å². The number of aliphatic hydroxyl groups excluding tert-OH is 1. The van der Waals surface area contributed by atoms with Crippen molar-refractivity contribution in [3.8, 4) is 0 Å². The molecule has 5 heteroatoms. The first-order valence-corrected chi connectivity index (χ1v) is 6.67. The Labute approximate surface area is 119 Å². The molecule has 1 rings (SSSR count). The van der Waals surface area contributed by atoms with Gasteiger partial charge in [0.1, 0.15) is 6.04 Å². The molecule has 20 heavy (non-hydrogen) atoms. The molecule has 3 N–H and O–H groups in total. The standard InChI is InChI=1S/C15H22N2O3/c1-10(2)14(17-11(3)19)15(20)16-8-12-4-6-13(9-18)7-5-12/h4-7,10,14,18H,8-9H2,1-3H3,(H,16,20)(H,17,19). The minimum absolute atomic E-state index is 0.00456. The van der Waals surface area contributed by atoms with Gasteiger partial charge in [-0.1, -0.05) is 38.1 Å². The van der Waals surface area contributed by atoms with Gasteiger partial charge in [-0.2, -0.15) is 0 Å². The molecule has 0 heterocycles. The van der Waals surface area contributed by atoms with Gasteiger partial charge in [-0.25, -0.2) is 0 Å². The van der Waals surface area contributed by atoms with Crippen molar-refractivity contribution in [1.82, 2.24) is 10.6 Å². The summed E-state index contributed by atoms with van der Waals surface area (Å²) >= 11 is 0. The summed E-state index contributed by atoms with van der Waals surface area (Å²) in [6, 6.07) is 6.82. The largest absolute Gasteiger partial charge is 0.392 e. The molecular formula is C15H22N2O3. The molecule has 1 unspecified atom stereocenters. The number of hydrogen-bond donors (Lipinski definition) is 3. The van der Waals surface area contributed by atoms with Crippen LogP contribution in [0.5, 0.6) is 0 Å². The van der Waals surface area contributed by atoms with Crippen LogP contribution in [0.1, 0.15) is 31.9 Å².